The Morgan fingerprint density at radius 2 is 0.593 bits per heavy atom. The fraction of sp³-hybridized carbons (Fsp3) is 0.551. The standard InChI is InChI=1S/C49H71Si.3ClH.Ti/c1-32-21-22-43(33(32)2)50(40-26-34(44(3,4)5)23-35(27-40)45(6,7)8,41-28-36(46(9,10)11)24-37(29-41)47(12,13)14)42-30-38(48(15,16)17)25-39(31-42)49(18,19)20;;;;/h23-31H,22H2,1-20H3;3*1H;/q-1;;;;+4/p-3. The molecule has 54 heavy (non-hydrogen) atoms. The van der Waals surface area contributed by atoms with Crippen molar-refractivity contribution in [3.05, 3.63) is 110 Å². The molecule has 3 aromatic rings. The third-order valence-electron chi connectivity index (χ3n) is 11.3. The molecule has 1 aliphatic rings. The van der Waals surface area contributed by atoms with E-state index in [-0.39, 0.29) is 91.4 Å². The summed E-state index contributed by atoms with van der Waals surface area (Å²) in [6, 6.07) is 23.3. The van der Waals surface area contributed by atoms with Gasteiger partial charge < -0.3 is 37.2 Å². The number of hydrogen-bond acceptors (Lipinski definition) is 0. The van der Waals surface area contributed by atoms with E-state index in [0.717, 1.165) is 6.42 Å². The van der Waals surface area contributed by atoms with Gasteiger partial charge in [-0.2, -0.15) is 5.20 Å². The predicted octanol–water partition coefficient (Wildman–Crippen LogP) is 2.96. The SMILES string of the molecule is CC1=[C-]CC([Si](c2cc(C(C)(C)C)cc(C(C)(C)C)c2)(c2cc(C(C)(C)C)cc(C(C)(C)C)c2)c2cc(C(C)(C)C)cc(C(C)(C)C)c2)=C1C.[Cl-].[Cl-].[Cl-].[Ti+4]. The summed E-state index contributed by atoms with van der Waals surface area (Å²) in [7, 11) is -2.96. The van der Waals surface area contributed by atoms with Gasteiger partial charge in [-0.1, -0.05) is 186 Å². The molecular weight excluding hydrogens is 771 g/mol. The molecule has 0 unspecified atom stereocenters. The van der Waals surface area contributed by atoms with E-state index < -0.39 is 8.07 Å². The van der Waals surface area contributed by atoms with Gasteiger partial charge in [-0.3, -0.25) is 6.08 Å². The van der Waals surface area contributed by atoms with Crippen molar-refractivity contribution < 1.29 is 58.9 Å². The zero-order chi connectivity index (χ0) is 38.2. The third-order valence-corrected chi connectivity index (χ3v) is 16.2. The maximum absolute atomic E-state index is 3.88. The second kappa shape index (κ2) is 17.4. The van der Waals surface area contributed by atoms with Crippen molar-refractivity contribution in [2.45, 2.75) is 177 Å². The fourth-order valence-electron chi connectivity index (χ4n) is 7.28. The fourth-order valence-corrected chi connectivity index (χ4v) is 12.7. The minimum atomic E-state index is -2.96. The summed E-state index contributed by atoms with van der Waals surface area (Å²) in [5.41, 5.74) is 11.3. The van der Waals surface area contributed by atoms with Crippen molar-refractivity contribution in [1.29, 1.82) is 0 Å². The normalized spacial score (nSPS) is 14.4. The molecule has 0 amide bonds. The average Bonchev–Trinajstić information content (AvgIpc) is 3.28. The van der Waals surface area contributed by atoms with Crippen LogP contribution in [0.1, 0.15) is 178 Å². The van der Waals surface area contributed by atoms with Crippen LogP contribution in [-0.4, -0.2) is 8.07 Å². The van der Waals surface area contributed by atoms with Gasteiger partial charge in [0.1, 0.15) is 0 Å². The first-order valence-corrected chi connectivity index (χ1v) is 21.2. The molecule has 4 rings (SSSR count). The summed E-state index contributed by atoms with van der Waals surface area (Å²) in [5, 5.41) is 6.13. The Hall–Kier alpha value is -1.06. The van der Waals surface area contributed by atoms with Crippen LogP contribution in [0.2, 0.25) is 0 Å². The molecule has 296 valence electrons. The van der Waals surface area contributed by atoms with E-state index in [1.807, 2.05) is 0 Å². The Morgan fingerprint density at radius 3 is 0.741 bits per heavy atom. The first kappa shape index (κ1) is 52.9. The van der Waals surface area contributed by atoms with Crippen LogP contribution < -0.4 is 52.8 Å². The summed E-state index contributed by atoms with van der Waals surface area (Å²) in [4.78, 5) is 0. The Balaban J connectivity index is 0.00000702. The summed E-state index contributed by atoms with van der Waals surface area (Å²) in [6.07, 6.45) is 4.76. The quantitative estimate of drug-likeness (QED) is 0.216. The Morgan fingerprint density at radius 1 is 0.389 bits per heavy atom. The van der Waals surface area contributed by atoms with Crippen molar-refractivity contribution in [2.75, 3.05) is 0 Å². The van der Waals surface area contributed by atoms with Gasteiger partial charge >= 0.3 is 21.7 Å². The number of benzene rings is 3. The number of halogens is 3. The largest absolute Gasteiger partial charge is 4.00 e. The summed E-state index contributed by atoms with van der Waals surface area (Å²) < 4.78 is 0. The molecular formula is C49H71Cl3SiTi. The van der Waals surface area contributed by atoms with Crippen LogP contribution >= 0.6 is 0 Å². The molecule has 0 spiro atoms. The van der Waals surface area contributed by atoms with E-state index in [1.165, 1.54) is 60.1 Å². The Labute approximate surface area is 367 Å². The van der Waals surface area contributed by atoms with Crippen molar-refractivity contribution in [2.24, 2.45) is 0 Å². The van der Waals surface area contributed by atoms with Crippen LogP contribution in [-0.2, 0) is 54.2 Å². The van der Waals surface area contributed by atoms with E-state index >= 15 is 0 Å². The Bertz CT molecular complexity index is 1560. The molecule has 1 aliphatic carbocycles. The second-order valence-corrected chi connectivity index (χ2v) is 25.6. The molecule has 0 atom stereocenters. The van der Waals surface area contributed by atoms with E-state index in [0.29, 0.717) is 0 Å². The van der Waals surface area contributed by atoms with Crippen LogP contribution in [0.5, 0.6) is 0 Å². The number of hydrogen-bond donors (Lipinski definition) is 0. The molecule has 0 N–H and O–H groups in total. The van der Waals surface area contributed by atoms with Crippen molar-refractivity contribution >= 4 is 23.6 Å². The first-order valence-electron chi connectivity index (χ1n) is 19.2. The van der Waals surface area contributed by atoms with Gasteiger partial charge in [-0.25, -0.2) is 11.1 Å². The molecule has 0 saturated carbocycles. The van der Waals surface area contributed by atoms with E-state index in [9.17, 15) is 0 Å². The van der Waals surface area contributed by atoms with Crippen molar-refractivity contribution in [3.8, 4) is 0 Å². The van der Waals surface area contributed by atoms with Crippen LogP contribution in [0, 0.1) is 6.08 Å². The third kappa shape index (κ3) is 10.9. The number of allylic oxidation sites excluding steroid dienone is 4. The van der Waals surface area contributed by atoms with Crippen molar-refractivity contribution in [3.63, 3.8) is 0 Å². The van der Waals surface area contributed by atoms with Gasteiger partial charge in [0.05, 0.1) is 0 Å². The second-order valence-electron chi connectivity index (χ2n) is 21.7. The first-order chi connectivity index (χ1) is 22.4. The molecule has 0 aromatic heterocycles. The molecule has 0 heterocycles. The summed E-state index contributed by atoms with van der Waals surface area (Å²) in [5.74, 6) is 0. The number of rotatable bonds is 4. The monoisotopic (exact) mass is 840 g/mol. The molecule has 0 radical (unpaired) electrons. The van der Waals surface area contributed by atoms with Gasteiger partial charge in [0, 0.05) is 0 Å². The van der Waals surface area contributed by atoms with Gasteiger partial charge in [-0.05, 0) is 81.4 Å². The van der Waals surface area contributed by atoms with Crippen LogP contribution in [0.3, 0.4) is 0 Å². The molecule has 0 bridgehead atoms. The maximum atomic E-state index is 3.88. The molecule has 0 fully saturated rings. The topological polar surface area (TPSA) is 0 Å². The molecule has 5 heteroatoms. The van der Waals surface area contributed by atoms with Gasteiger partial charge in [0.15, 0.2) is 8.07 Å². The molecule has 0 saturated heterocycles. The van der Waals surface area contributed by atoms with Gasteiger partial charge in [0.2, 0.25) is 0 Å². The van der Waals surface area contributed by atoms with E-state index in [4.69, 9.17) is 0 Å². The summed E-state index contributed by atoms with van der Waals surface area (Å²) >= 11 is 0. The van der Waals surface area contributed by atoms with Crippen LogP contribution in [0.25, 0.3) is 0 Å². The van der Waals surface area contributed by atoms with Crippen LogP contribution in [0.4, 0.5) is 0 Å². The van der Waals surface area contributed by atoms with Gasteiger partial charge in [0.25, 0.3) is 0 Å². The minimum absolute atomic E-state index is 0. The van der Waals surface area contributed by atoms with E-state index in [1.54, 1.807) is 5.20 Å². The average molecular weight is 842 g/mol. The van der Waals surface area contributed by atoms with Crippen molar-refractivity contribution in [1.82, 2.24) is 0 Å². The van der Waals surface area contributed by atoms with Gasteiger partial charge in [-0.15, -0.1) is 13.3 Å². The molecule has 0 aliphatic heterocycles. The Kier molecular flexibility index (Phi) is 17.1. The van der Waals surface area contributed by atoms with E-state index in [2.05, 4.69) is 199 Å². The predicted molar refractivity (Wildman–Crippen MR) is 226 cm³/mol. The molecule has 0 nitrogen and oxygen atoms in total. The smallest absolute Gasteiger partial charge is 1.00 e. The minimum Gasteiger partial charge on any atom is -1.00 e. The zero-order valence-electron chi connectivity index (χ0n) is 37.5. The molecule has 3 aromatic carbocycles. The zero-order valence-corrected chi connectivity index (χ0v) is 42.4. The maximum Gasteiger partial charge on any atom is 4.00 e. The van der Waals surface area contributed by atoms with Crippen LogP contribution in [0.15, 0.2) is 70.9 Å². The summed E-state index contributed by atoms with van der Waals surface area (Å²) in [6.45, 7) is 47.6.